The van der Waals surface area contributed by atoms with Crippen molar-refractivity contribution in [3.8, 4) is 0 Å². The molecule has 2 saturated carbocycles. The van der Waals surface area contributed by atoms with Gasteiger partial charge in [-0.05, 0) is 111 Å². The maximum atomic E-state index is 13.9. The fourth-order valence-corrected chi connectivity index (χ4v) is 13.3. The van der Waals surface area contributed by atoms with E-state index in [1.165, 1.54) is 12.5 Å². The van der Waals surface area contributed by atoms with Gasteiger partial charge in [-0.2, -0.15) is 0 Å². The van der Waals surface area contributed by atoms with Crippen LogP contribution in [0.3, 0.4) is 0 Å². The summed E-state index contributed by atoms with van der Waals surface area (Å²) in [6, 6.07) is -1.33. The smallest absolute Gasteiger partial charge is 0.314 e. The van der Waals surface area contributed by atoms with Crippen LogP contribution < -0.4 is 5.32 Å². The van der Waals surface area contributed by atoms with Crippen molar-refractivity contribution in [1.82, 2.24) is 5.32 Å². The average molecular weight is 868 g/mol. The Labute approximate surface area is 361 Å². The zero-order valence-electron chi connectivity index (χ0n) is 38.1. The van der Waals surface area contributed by atoms with Crippen LogP contribution in [-0.2, 0) is 28.5 Å². The second-order valence-electron chi connectivity index (χ2n) is 22.0. The molecular weight excluding hydrogens is 790 g/mol. The molecule has 1 unspecified atom stereocenters. The molecule has 4 aliphatic carbocycles. The van der Waals surface area contributed by atoms with Crippen LogP contribution in [0.5, 0.6) is 0 Å². The van der Waals surface area contributed by atoms with Crippen LogP contribution in [0.2, 0.25) is 0 Å². The molecule has 0 aromatic carbocycles. The quantitative estimate of drug-likeness (QED) is 0.128. The van der Waals surface area contributed by atoms with E-state index in [1.807, 2.05) is 6.92 Å². The number of carbonyl (C=O) groups excluding carboxylic acids is 1. The van der Waals surface area contributed by atoms with Crippen LogP contribution in [0, 0.1) is 44.8 Å². The van der Waals surface area contributed by atoms with Crippen molar-refractivity contribution in [1.29, 1.82) is 0 Å². The van der Waals surface area contributed by atoms with Crippen molar-refractivity contribution in [2.75, 3.05) is 13.2 Å². The van der Waals surface area contributed by atoms with Crippen LogP contribution in [0.4, 0.5) is 0 Å². The van der Waals surface area contributed by atoms with Crippen LogP contribution in [0.1, 0.15) is 133 Å². The van der Waals surface area contributed by atoms with Gasteiger partial charge in [0.05, 0.1) is 30.3 Å². The Bertz CT molecular complexity index is 1650. The summed E-state index contributed by atoms with van der Waals surface area (Å²) in [6.45, 7) is 19.0. The van der Waals surface area contributed by atoms with Crippen molar-refractivity contribution < 1.29 is 69.4 Å². The van der Waals surface area contributed by atoms with Crippen molar-refractivity contribution >= 4 is 11.9 Å². The van der Waals surface area contributed by atoms with Gasteiger partial charge in [-0.25, -0.2) is 0 Å². The second kappa shape index (κ2) is 17.2. The van der Waals surface area contributed by atoms with Gasteiger partial charge in [0.2, 0.25) is 5.91 Å². The molecule has 61 heavy (non-hydrogen) atoms. The minimum absolute atomic E-state index is 0.0725. The molecule has 6 rings (SSSR count). The lowest BCUT2D eigenvalue weighted by Gasteiger charge is -2.62. The number of allylic oxidation sites excluding steroid dienone is 1. The zero-order valence-corrected chi connectivity index (χ0v) is 38.1. The molecule has 18 atom stereocenters. The van der Waals surface area contributed by atoms with E-state index in [4.69, 9.17) is 18.9 Å². The summed E-state index contributed by atoms with van der Waals surface area (Å²) in [6.07, 6.45) is -6.71. The molecule has 15 nitrogen and oxygen atoms in total. The van der Waals surface area contributed by atoms with Crippen LogP contribution >= 0.6 is 0 Å². The Morgan fingerprint density at radius 1 is 0.820 bits per heavy atom. The molecule has 0 aromatic heterocycles. The standard InChI is InChI=1S/C46H77NO14/c1-23(13-19-45(10,57)41(3,4)5)25-15-20-46(40(55)56)27-11-12-30-42(6,7)31(16-17-43(30,8)26(27)14-18-44(25,46)9)60-39-37(36(54)34(52)29(22-49)59-39)61-38-32(47-24(2)50)35(53)33(51)28(21-48)58-38/h23,25,28-39,48-49,51-54,57H,11-22H2,1-10H3,(H,47,50)(H,55,56)/t23-,25-,28-,29-,30+,31+,32-,33-,34+,35-,36+,37-,38+,39+,43-,44-,45?,46+/m1/s1. The number of ether oxygens (including phenoxy) is 4. The number of nitrogens with one attached hydrogen (secondary N) is 1. The van der Waals surface area contributed by atoms with E-state index in [9.17, 15) is 50.4 Å². The molecule has 1 amide bonds. The second-order valence-corrected chi connectivity index (χ2v) is 22.0. The van der Waals surface area contributed by atoms with E-state index in [0.29, 0.717) is 32.1 Å². The number of carboxylic acid groups (broad SMARTS) is 1. The Hall–Kier alpha value is -1.76. The third kappa shape index (κ3) is 8.05. The first-order chi connectivity index (χ1) is 28.2. The number of amides is 1. The van der Waals surface area contributed by atoms with Crippen LogP contribution in [0.25, 0.3) is 0 Å². The lowest BCUT2D eigenvalue weighted by atomic mass is 9.43. The lowest BCUT2D eigenvalue weighted by Crippen LogP contribution is -2.68. The van der Waals surface area contributed by atoms with E-state index in [0.717, 1.165) is 37.7 Å². The summed E-state index contributed by atoms with van der Waals surface area (Å²) >= 11 is 0. The SMILES string of the molecule is CC(=O)N[C@H]1[C@H](O[C@H]2[C@H](O[C@H]3CC[C@]4(C)C5=C(CC[C@H]4C3(C)C)[C@]3(C(=O)O)CC[C@H]([C@H](C)CCC(C)(O)C(C)(C)C)[C@@]3(C)CC5)O[C@H](CO)[C@H](O)[C@@H]2O)O[C@H](CO)[C@@H](O)[C@@H]1O. The van der Waals surface area contributed by atoms with Gasteiger partial charge in [-0.3, -0.25) is 9.59 Å². The van der Waals surface area contributed by atoms with E-state index in [1.54, 1.807) is 0 Å². The molecule has 2 saturated heterocycles. The number of carbonyl (C=O) groups is 2. The highest BCUT2D eigenvalue weighted by atomic mass is 16.8. The Balaban J connectivity index is 1.26. The summed E-state index contributed by atoms with van der Waals surface area (Å²) in [5.41, 5.74) is -0.980. The highest BCUT2D eigenvalue weighted by Gasteiger charge is 2.69. The number of fused-ring (bicyclic) bond motifs is 4. The highest BCUT2D eigenvalue weighted by molar-refractivity contribution is 5.82. The van der Waals surface area contributed by atoms with Gasteiger partial charge in [-0.1, -0.05) is 66.5 Å². The molecule has 2 heterocycles. The summed E-state index contributed by atoms with van der Waals surface area (Å²) < 4.78 is 24.9. The molecule has 0 spiro atoms. The minimum Gasteiger partial charge on any atom is -0.481 e. The summed E-state index contributed by atoms with van der Waals surface area (Å²) in [4.78, 5) is 26.0. The number of hydrogen-bond donors (Lipinski definition) is 9. The van der Waals surface area contributed by atoms with Gasteiger partial charge >= 0.3 is 5.97 Å². The number of aliphatic carboxylic acids is 1. The van der Waals surface area contributed by atoms with E-state index >= 15 is 0 Å². The lowest BCUT2D eigenvalue weighted by molar-refractivity contribution is -0.367. The molecule has 0 bridgehead atoms. The topological polar surface area (TPSA) is 245 Å². The number of hydrogen-bond acceptors (Lipinski definition) is 13. The number of carboxylic acids is 1. The molecular formula is C46H77NO14. The Morgan fingerprint density at radius 2 is 1.43 bits per heavy atom. The fourth-order valence-electron chi connectivity index (χ4n) is 13.3. The monoisotopic (exact) mass is 868 g/mol. The Kier molecular flexibility index (Phi) is 13.8. The van der Waals surface area contributed by atoms with Gasteiger partial charge in [0.15, 0.2) is 12.6 Å². The normalized spacial score (nSPS) is 45.2. The van der Waals surface area contributed by atoms with Crippen molar-refractivity contribution in [2.24, 2.45) is 44.8 Å². The first kappa shape index (κ1) is 48.7. The number of aliphatic hydroxyl groups is 7. The number of aliphatic hydroxyl groups excluding tert-OH is 6. The van der Waals surface area contributed by atoms with Gasteiger partial charge < -0.3 is 65.1 Å². The molecule has 0 radical (unpaired) electrons. The largest absolute Gasteiger partial charge is 0.481 e. The third-order valence-corrected chi connectivity index (χ3v) is 17.6. The molecule has 2 aliphatic heterocycles. The summed E-state index contributed by atoms with van der Waals surface area (Å²) in [5.74, 6) is -0.773. The maximum Gasteiger partial charge on any atom is 0.314 e. The van der Waals surface area contributed by atoms with Crippen molar-refractivity contribution in [2.45, 2.75) is 207 Å². The average Bonchev–Trinajstić information content (AvgIpc) is 3.50. The van der Waals surface area contributed by atoms with E-state index in [2.05, 4.69) is 60.7 Å². The predicted octanol–water partition coefficient (Wildman–Crippen LogP) is 3.17. The summed E-state index contributed by atoms with van der Waals surface area (Å²) in [7, 11) is 0. The van der Waals surface area contributed by atoms with E-state index in [-0.39, 0.29) is 28.6 Å². The van der Waals surface area contributed by atoms with Gasteiger partial charge in [0.25, 0.3) is 0 Å². The molecule has 9 N–H and O–H groups in total. The van der Waals surface area contributed by atoms with Gasteiger partial charge in [-0.15, -0.1) is 0 Å². The predicted molar refractivity (Wildman–Crippen MR) is 222 cm³/mol. The van der Waals surface area contributed by atoms with Crippen molar-refractivity contribution in [3.05, 3.63) is 11.1 Å². The van der Waals surface area contributed by atoms with Gasteiger partial charge in [0, 0.05) is 6.92 Å². The minimum atomic E-state index is -1.68. The fraction of sp³-hybridized carbons (Fsp3) is 0.913. The van der Waals surface area contributed by atoms with E-state index < -0.39 is 114 Å². The Morgan fingerprint density at radius 3 is 2.00 bits per heavy atom. The molecule has 350 valence electrons. The van der Waals surface area contributed by atoms with Crippen LogP contribution in [-0.4, -0.2) is 139 Å². The van der Waals surface area contributed by atoms with Crippen LogP contribution in [0.15, 0.2) is 11.1 Å². The molecule has 0 aromatic rings. The summed E-state index contributed by atoms with van der Waals surface area (Å²) in [5, 5.41) is 89.2. The maximum absolute atomic E-state index is 13.9. The molecule has 15 heteroatoms. The first-order valence-electron chi connectivity index (χ1n) is 22.7. The first-order valence-corrected chi connectivity index (χ1v) is 22.7. The number of rotatable bonds is 12. The van der Waals surface area contributed by atoms with Crippen molar-refractivity contribution in [3.63, 3.8) is 0 Å². The zero-order chi connectivity index (χ0) is 45.4. The molecule has 4 fully saturated rings. The molecule has 6 aliphatic rings. The highest BCUT2D eigenvalue weighted by Crippen LogP contribution is 2.73. The third-order valence-electron chi connectivity index (χ3n) is 17.6. The van der Waals surface area contributed by atoms with Gasteiger partial charge in [0.1, 0.15) is 48.8 Å².